The first kappa shape index (κ1) is 16.3. The quantitative estimate of drug-likeness (QED) is 0.578. The van der Waals surface area contributed by atoms with E-state index >= 15 is 0 Å². The van der Waals surface area contributed by atoms with Gasteiger partial charge in [-0.3, -0.25) is 10.9 Å². The number of hydrogen-bond acceptors (Lipinski definition) is 4. The molecule has 0 atom stereocenters. The number of hydrogen-bond donors (Lipinski definition) is 2. The Morgan fingerprint density at radius 2 is 1.00 bits per heavy atom. The molecule has 0 radical (unpaired) electrons. The van der Waals surface area contributed by atoms with Gasteiger partial charge in [-0.2, -0.15) is 10.2 Å². The zero-order valence-electron chi connectivity index (χ0n) is 12.3. The summed E-state index contributed by atoms with van der Waals surface area (Å²) in [6.45, 7) is 3.76. The molecule has 0 aromatic heterocycles. The van der Waals surface area contributed by atoms with E-state index in [1.165, 1.54) is 0 Å². The van der Waals surface area contributed by atoms with Gasteiger partial charge < -0.3 is 0 Å². The molecule has 0 fully saturated rings. The first-order valence-electron chi connectivity index (χ1n) is 6.67. The van der Waals surface area contributed by atoms with Crippen LogP contribution < -0.4 is 10.9 Å². The second-order valence-electron chi connectivity index (χ2n) is 4.63. The minimum Gasteiger partial charge on any atom is -0.278 e. The van der Waals surface area contributed by atoms with Crippen molar-refractivity contribution < 1.29 is 0 Å². The largest absolute Gasteiger partial charge is 0.278 e. The van der Waals surface area contributed by atoms with Crippen LogP contribution in [0.25, 0.3) is 0 Å². The third kappa shape index (κ3) is 5.06. The van der Waals surface area contributed by atoms with Crippen LogP contribution >= 0.6 is 23.2 Å². The van der Waals surface area contributed by atoms with Crippen LogP contribution in [-0.2, 0) is 0 Å². The molecule has 2 rings (SSSR count). The van der Waals surface area contributed by atoms with E-state index in [4.69, 9.17) is 23.2 Å². The topological polar surface area (TPSA) is 48.8 Å². The molecule has 114 valence electrons. The number of nitrogens with zero attached hydrogens (tertiary/aromatic N) is 2. The van der Waals surface area contributed by atoms with E-state index in [1.54, 1.807) is 24.3 Å². The first-order chi connectivity index (χ1) is 10.5. The number of hydrazone groups is 2. The maximum Gasteiger partial charge on any atom is 0.0805 e. The van der Waals surface area contributed by atoms with Crippen LogP contribution in [-0.4, -0.2) is 11.4 Å². The van der Waals surface area contributed by atoms with Gasteiger partial charge >= 0.3 is 0 Å². The third-order valence-corrected chi connectivity index (χ3v) is 3.42. The van der Waals surface area contributed by atoms with Crippen molar-refractivity contribution in [2.75, 3.05) is 10.9 Å². The molecule has 2 aromatic rings. The molecular weight excluding hydrogens is 319 g/mol. The van der Waals surface area contributed by atoms with E-state index in [0.717, 1.165) is 22.8 Å². The summed E-state index contributed by atoms with van der Waals surface area (Å²) >= 11 is 11.7. The minimum atomic E-state index is 0.691. The minimum absolute atomic E-state index is 0.691. The summed E-state index contributed by atoms with van der Waals surface area (Å²) in [5.41, 5.74) is 9.20. The molecule has 0 aliphatic carbocycles. The van der Waals surface area contributed by atoms with Gasteiger partial charge in [-0.15, -0.1) is 0 Å². The van der Waals surface area contributed by atoms with Crippen LogP contribution in [0.1, 0.15) is 13.8 Å². The normalized spacial score (nSPS) is 12.2. The Labute approximate surface area is 139 Å². The fourth-order valence-corrected chi connectivity index (χ4v) is 1.76. The predicted molar refractivity (Wildman–Crippen MR) is 96.4 cm³/mol. The lowest BCUT2D eigenvalue weighted by Crippen LogP contribution is -2.10. The fourth-order valence-electron chi connectivity index (χ4n) is 1.51. The van der Waals surface area contributed by atoms with Crippen molar-refractivity contribution in [3.63, 3.8) is 0 Å². The summed E-state index contributed by atoms with van der Waals surface area (Å²) in [5, 5.41) is 9.95. The molecule has 6 heteroatoms. The summed E-state index contributed by atoms with van der Waals surface area (Å²) < 4.78 is 0. The van der Waals surface area contributed by atoms with Crippen molar-refractivity contribution in [3.05, 3.63) is 58.6 Å². The number of benzene rings is 2. The lowest BCUT2D eigenvalue weighted by Gasteiger charge is -2.05. The predicted octanol–water partition coefficient (Wildman–Crippen LogP) is 5.27. The number of nitrogens with one attached hydrogen (secondary N) is 2. The van der Waals surface area contributed by atoms with Gasteiger partial charge in [-0.1, -0.05) is 23.2 Å². The Balaban J connectivity index is 1.96. The van der Waals surface area contributed by atoms with E-state index in [-0.39, 0.29) is 0 Å². The maximum absolute atomic E-state index is 5.83. The van der Waals surface area contributed by atoms with E-state index in [2.05, 4.69) is 21.1 Å². The number of halogens is 2. The van der Waals surface area contributed by atoms with Gasteiger partial charge in [0.2, 0.25) is 0 Å². The molecule has 2 aromatic carbocycles. The molecule has 0 heterocycles. The van der Waals surface area contributed by atoms with Crippen molar-refractivity contribution >= 4 is 46.0 Å². The van der Waals surface area contributed by atoms with Gasteiger partial charge in [0.05, 0.1) is 22.8 Å². The standard InChI is InChI=1S/C16H16Cl2N4/c1-11(19-21-15-7-3-13(17)4-8-15)12(2)20-22-16-9-5-14(18)6-10-16/h3-10,21-22H,1-2H3/b19-11-,20-12+. The zero-order valence-corrected chi connectivity index (χ0v) is 13.8. The molecule has 0 amide bonds. The van der Waals surface area contributed by atoms with E-state index in [9.17, 15) is 0 Å². The summed E-state index contributed by atoms with van der Waals surface area (Å²) in [4.78, 5) is 0. The lowest BCUT2D eigenvalue weighted by atomic mass is 10.3. The van der Waals surface area contributed by atoms with Crippen LogP contribution in [0, 0.1) is 0 Å². The van der Waals surface area contributed by atoms with Gasteiger partial charge in [0.15, 0.2) is 0 Å². The number of anilines is 2. The Kier molecular flexibility index (Phi) is 5.81. The highest BCUT2D eigenvalue weighted by molar-refractivity contribution is 6.40. The van der Waals surface area contributed by atoms with Gasteiger partial charge in [0.25, 0.3) is 0 Å². The average molecular weight is 335 g/mol. The van der Waals surface area contributed by atoms with Crippen molar-refractivity contribution in [1.82, 2.24) is 0 Å². The average Bonchev–Trinajstić information content (AvgIpc) is 2.53. The zero-order chi connectivity index (χ0) is 15.9. The van der Waals surface area contributed by atoms with Crippen LogP contribution in [0.3, 0.4) is 0 Å². The molecule has 4 nitrogen and oxygen atoms in total. The summed E-state index contributed by atoms with van der Waals surface area (Å²) in [6.07, 6.45) is 0. The summed E-state index contributed by atoms with van der Waals surface area (Å²) in [7, 11) is 0. The smallest absolute Gasteiger partial charge is 0.0805 e. The van der Waals surface area contributed by atoms with Crippen molar-refractivity contribution in [2.45, 2.75) is 13.8 Å². The Bertz CT molecular complexity index is 615. The highest BCUT2D eigenvalue weighted by Crippen LogP contribution is 2.14. The number of rotatable bonds is 5. The lowest BCUT2D eigenvalue weighted by molar-refractivity contribution is 1.31. The Morgan fingerprint density at radius 3 is 1.32 bits per heavy atom. The molecule has 0 unspecified atom stereocenters. The van der Waals surface area contributed by atoms with E-state index < -0.39 is 0 Å². The molecule has 2 N–H and O–H groups in total. The Hall–Kier alpha value is -2.04. The summed E-state index contributed by atoms with van der Waals surface area (Å²) in [6, 6.07) is 14.6. The molecule has 22 heavy (non-hydrogen) atoms. The van der Waals surface area contributed by atoms with Crippen molar-refractivity contribution in [1.29, 1.82) is 0 Å². The second-order valence-corrected chi connectivity index (χ2v) is 5.50. The highest BCUT2D eigenvalue weighted by atomic mass is 35.5. The van der Waals surface area contributed by atoms with Crippen LogP contribution in [0.4, 0.5) is 11.4 Å². The SMILES string of the molecule is CC(=N/Nc1ccc(Cl)cc1)/C(C)=N/Nc1ccc(Cl)cc1. The fraction of sp³-hybridized carbons (Fsp3) is 0.125. The molecular formula is C16H16Cl2N4. The van der Waals surface area contributed by atoms with E-state index in [1.807, 2.05) is 38.1 Å². The first-order valence-corrected chi connectivity index (χ1v) is 7.42. The van der Waals surface area contributed by atoms with E-state index in [0.29, 0.717) is 10.0 Å². The van der Waals surface area contributed by atoms with Gasteiger partial charge in [0.1, 0.15) is 0 Å². The Morgan fingerprint density at radius 1 is 0.682 bits per heavy atom. The van der Waals surface area contributed by atoms with Gasteiger partial charge in [-0.05, 0) is 62.4 Å². The highest BCUT2D eigenvalue weighted by Gasteiger charge is 1.98. The molecule has 0 aliphatic heterocycles. The molecule has 0 aliphatic rings. The summed E-state index contributed by atoms with van der Waals surface area (Å²) in [5.74, 6) is 0. The monoisotopic (exact) mass is 334 g/mol. The van der Waals surface area contributed by atoms with Gasteiger partial charge in [0, 0.05) is 10.0 Å². The van der Waals surface area contributed by atoms with Gasteiger partial charge in [-0.25, -0.2) is 0 Å². The second kappa shape index (κ2) is 7.82. The van der Waals surface area contributed by atoms with Crippen LogP contribution in [0.5, 0.6) is 0 Å². The maximum atomic E-state index is 5.83. The molecule has 0 spiro atoms. The molecule has 0 saturated heterocycles. The third-order valence-electron chi connectivity index (χ3n) is 2.92. The van der Waals surface area contributed by atoms with Crippen molar-refractivity contribution in [3.8, 4) is 0 Å². The van der Waals surface area contributed by atoms with Crippen molar-refractivity contribution in [2.24, 2.45) is 10.2 Å². The van der Waals surface area contributed by atoms with Crippen LogP contribution in [0.15, 0.2) is 58.7 Å². The van der Waals surface area contributed by atoms with Crippen LogP contribution in [0.2, 0.25) is 10.0 Å². The molecule has 0 saturated carbocycles. The molecule has 0 bridgehead atoms.